The Bertz CT molecular complexity index is 61.3. The zero-order valence-electron chi connectivity index (χ0n) is 6.39. The van der Waals surface area contributed by atoms with Gasteiger partial charge in [-0.3, -0.25) is 0 Å². The number of alkyl halides is 1. The molecule has 0 heterocycles. The van der Waals surface area contributed by atoms with E-state index in [-0.39, 0.29) is 25.6 Å². The number of hydrogen-bond acceptors (Lipinski definition) is 2. The Morgan fingerprint density at radius 3 is 1.73 bits per heavy atom. The highest BCUT2D eigenvalue weighted by molar-refractivity contribution is 6.17. The molecule has 0 radical (unpaired) electrons. The lowest BCUT2D eigenvalue weighted by molar-refractivity contribution is -0.898. The number of nitrogens with one attached hydrogen (secondary N) is 1. The molecule has 0 spiro atoms. The Balaban J connectivity index is 0. The second-order valence-electron chi connectivity index (χ2n) is 2.14. The maximum atomic E-state index is 8.54. The second-order valence-corrected chi connectivity index (χ2v) is 2.51. The molecule has 5 heteroatoms. The SMILES string of the molecule is OCC[NH+](CCO)CCCl.[Cl-]. The normalized spacial score (nSPS) is 9.82. The smallest absolute Gasteiger partial charge is 0.101 e. The standard InChI is InChI=1S/C6H14ClNO2.ClH/c7-1-2-8(3-5-9)4-6-10;/h9-10H,1-6H2;1H. The molecule has 0 saturated carbocycles. The highest BCUT2D eigenvalue weighted by Gasteiger charge is 2.03. The predicted octanol–water partition coefficient (Wildman–Crippen LogP) is -4.90. The average molecular weight is 204 g/mol. The van der Waals surface area contributed by atoms with Gasteiger partial charge in [0, 0.05) is 0 Å². The van der Waals surface area contributed by atoms with Crippen molar-refractivity contribution in [3.63, 3.8) is 0 Å². The third kappa shape index (κ3) is 8.37. The zero-order chi connectivity index (χ0) is 7.82. The van der Waals surface area contributed by atoms with Crippen LogP contribution in [0.15, 0.2) is 0 Å². The van der Waals surface area contributed by atoms with Gasteiger partial charge in [-0.15, -0.1) is 11.6 Å². The van der Waals surface area contributed by atoms with Crippen molar-refractivity contribution >= 4 is 11.6 Å². The van der Waals surface area contributed by atoms with Gasteiger partial charge in [0.1, 0.15) is 13.1 Å². The van der Waals surface area contributed by atoms with Crippen LogP contribution in [0.2, 0.25) is 0 Å². The highest BCUT2D eigenvalue weighted by atomic mass is 35.5. The first kappa shape index (κ1) is 14.0. The van der Waals surface area contributed by atoms with Crippen molar-refractivity contribution in [3.8, 4) is 0 Å². The van der Waals surface area contributed by atoms with Gasteiger partial charge in [-0.05, 0) is 0 Å². The van der Waals surface area contributed by atoms with E-state index in [2.05, 4.69) is 0 Å². The molecule has 0 rings (SSSR count). The molecule has 0 aromatic rings. The van der Waals surface area contributed by atoms with Crippen LogP contribution in [0.4, 0.5) is 0 Å². The van der Waals surface area contributed by atoms with Crippen molar-refractivity contribution in [3.05, 3.63) is 0 Å². The fraction of sp³-hybridized carbons (Fsp3) is 1.00. The maximum absolute atomic E-state index is 8.54. The summed E-state index contributed by atoms with van der Waals surface area (Å²) in [5.41, 5.74) is 0. The summed E-state index contributed by atoms with van der Waals surface area (Å²) in [6.07, 6.45) is 0. The van der Waals surface area contributed by atoms with Crippen molar-refractivity contribution in [2.45, 2.75) is 0 Å². The summed E-state index contributed by atoms with van der Waals surface area (Å²) in [6.45, 7) is 2.47. The van der Waals surface area contributed by atoms with Crippen LogP contribution >= 0.6 is 11.6 Å². The van der Waals surface area contributed by atoms with Crippen molar-refractivity contribution in [2.75, 3.05) is 38.7 Å². The highest BCUT2D eigenvalue weighted by Crippen LogP contribution is 1.64. The van der Waals surface area contributed by atoms with Crippen LogP contribution < -0.4 is 17.3 Å². The minimum absolute atomic E-state index is 0. The fourth-order valence-corrected chi connectivity index (χ4v) is 1.09. The van der Waals surface area contributed by atoms with Crippen molar-refractivity contribution in [1.29, 1.82) is 0 Å². The lowest BCUT2D eigenvalue weighted by Crippen LogP contribution is -3.13. The zero-order valence-corrected chi connectivity index (χ0v) is 7.90. The summed E-state index contributed by atoms with van der Waals surface area (Å²) in [5.74, 6) is 0.579. The van der Waals surface area contributed by atoms with E-state index in [1.54, 1.807) is 0 Å². The molecule has 3 N–H and O–H groups in total. The number of aliphatic hydroxyl groups is 2. The van der Waals surface area contributed by atoms with Crippen LogP contribution in [-0.2, 0) is 0 Å². The van der Waals surface area contributed by atoms with Gasteiger partial charge >= 0.3 is 0 Å². The first-order valence-electron chi connectivity index (χ1n) is 3.46. The minimum Gasteiger partial charge on any atom is -1.00 e. The molecule has 0 bridgehead atoms. The third-order valence-electron chi connectivity index (χ3n) is 1.38. The van der Waals surface area contributed by atoms with E-state index in [1.807, 2.05) is 0 Å². The summed E-state index contributed by atoms with van der Waals surface area (Å²) >= 11 is 5.48. The van der Waals surface area contributed by atoms with Crippen molar-refractivity contribution in [2.24, 2.45) is 0 Å². The van der Waals surface area contributed by atoms with Crippen LogP contribution in [0.5, 0.6) is 0 Å². The Hall–Kier alpha value is 0.460. The van der Waals surface area contributed by atoms with Gasteiger partial charge in [0.15, 0.2) is 0 Å². The predicted molar refractivity (Wildman–Crippen MR) is 40.5 cm³/mol. The molecule has 0 amide bonds. The number of halogens is 2. The molecule has 0 aliphatic carbocycles. The summed E-state index contributed by atoms with van der Waals surface area (Å²) in [6, 6.07) is 0. The van der Waals surface area contributed by atoms with Crippen LogP contribution in [0.25, 0.3) is 0 Å². The quantitative estimate of drug-likeness (QED) is 0.380. The summed E-state index contributed by atoms with van der Waals surface area (Å²) in [5, 5.41) is 17.1. The van der Waals surface area contributed by atoms with E-state index < -0.39 is 0 Å². The van der Waals surface area contributed by atoms with E-state index in [0.717, 1.165) is 11.4 Å². The van der Waals surface area contributed by atoms with E-state index in [9.17, 15) is 0 Å². The van der Waals surface area contributed by atoms with Gasteiger partial charge in [-0.2, -0.15) is 0 Å². The van der Waals surface area contributed by atoms with Gasteiger partial charge < -0.3 is 27.5 Å². The Morgan fingerprint density at radius 1 is 1.00 bits per heavy atom. The summed E-state index contributed by atoms with van der Waals surface area (Å²) < 4.78 is 0. The lowest BCUT2D eigenvalue weighted by atomic mass is 10.5. The molecule has 70 valence electrons. The van der Waals surface area contributed by atoms with E-state index in [1.165, 1.54) is 0 Å². The average Bonchev–Trinajstić information content (AvgIpc) is 1.90. The van der Waals surface area contributed by atoms with Gasteiger partial charge in [0.05, 0.1) is 25.6 Å². The molecular formula is C6H15Cl2NO2. The number of aliphatic hydroxyl groups excluding tert-OH is 2. The van der Waals surface area contributed by atoms with E-state index >= 15 is 0 Å². The van der Waals surface area contributed by atoms with Gasteiger partial charge in [-0.1, -0.05) is 0 Å². The summed E-state index contributed by atoms with van der Waals surface area (Å²) in [7, 11) is 0. The molecule has 0 aromatic carbocycles. The van der Waals surface area contributed by atoms with Crippen LogP contribution in [0.1, 0.15) is 0 Å². The van der Waals surface area contributed by atoms with Crippen molar-refractivity contribution < 1.29 is 27.5 Å². The van der Waals surface area contributed by atoms with Gasteiger partial charge in [0.25, 0.3) is 0 Å². The maximum Gasteiger partial charge on any atom is 0.101 e. The largest absolute Gasteiger partial charge is 1.00 e. The molecule has 0 aliphatic rings. The topological polar surface area (TPSA) is 44.9 Å². The van der Waals surface area contributed by atoms with Crippen LogP contribution in [0.3, 0.4) is 0 Å². The van der Waals surface area contributed by atoms with E-state index in [0.29, 0.717) is 19.0 Å². The molecule has 0 aliphatic heterocycles. The molecule has 11 heavy (non-hydrogen) atoms. The molecule has 3 nitrogen and oxygen atoms in total. The molecule has 0 aromatic heterocycles. The monoisotopic (exact) mass is 203 g/mol. The molecular weight excluding hydrogens is 189 g/mol. The van der Waals surface area contributed by atoms with Gasteiger partial charge in [-0.25, -0.2) is 0 Å². The minimum atomic E-state index is 0. The van der Waals surface area contributed by atoms with Crippen LogP contribution in [-0.4, -0.2) is 48.9 Å². The number of hydrogen-bond donors (Lipinski definition) is 3. The molecule has 0 saturated heterocycles. The Morgan fingerprint density at radius 2 is 1.45 bits per heavy atom. The summed E-state index contributed by atoms with van der Waals surface area (Å²) in [4.78, 5) is 1.15. The number of quaternary nitrogens is 1. The first-order valence-corrected chi connectivity index (χ1v) is 3.99. The van der Waals surface area contributed by atoms with Crippen molar-refractivity contribution in [1.82, 2.24) is 0 Å². The third-order valence-corrected chi connectivity index (χ3v) is 1.57. The van der Waals surface area contributed by atoms with Crippen LogP contribution in [0, 0.1) is 0 Å². The fourth-order valence-electron chi connectivity index (χ4n) is 0.825. The van der Waals surface area contributed by atoms with E-state index in [4.69, 9.17) is 21.8 Å². The van der Waals surface area contributed by atoms with Gasteiger partial charge in [0.2, 0.25) is 0 Å². The molecule has 0 fully saturated rings. The molecule has 0 atom stereocenters. The lowest BCUT2D eigenvalue weighted by Gasteiger charge is -2.15. The first-order chi connectivity index (χ1) is 4.85. The Kier molecular flexibility index (Phi) is 13.3. The Labute approximate surface area is 78.4 Å². The second kappa shape index (κ2) is 10.5. The number of rotatable bonds is 6. The molecule has 0 unspecified atom stereocenters.